The standard InChI is InChI=1S/C15H15NO4.CH3NS/c17-16-9-13-10-18-15-8-12(6-7-14(15)20-13)19-11-4-2-1-3-5-11;2-1-3/h1-8,13,16-17H,9-10H2;1H,(H2,2,3). The fourth-order valence-electron chi connectivity index (χ4n) is 1.99. The number of benzene rings is 2. The molecule has 2 aromatic rings. The van der Waals surface area contributed by atoms with Gasteiger partial charge in [0.05, 0.1) is 12.0 Å². The topological polar surface area (TPSA) is 86.0 Å². The second-order valence-electron chi connectivity index (χ2n) is 4.57. The van der Waals surface area contributed by atoms with Crippen LogP contribution in [0.2, 0.25) is 0 Å². The molecule has 0 bridgehead atoms. The van der Waals surface area contributed by atoms with E-state index in [2.05, 4.69) is 23.4 Å². The van der Waals surface area contributed by atoms with Gasteiger partial charge in [0.15, 0.2) is 11.5 Å². The molecular weight excluding hydrogens is 316 g/mol. The highest BCUT2D eigenvalue weighted by Gasteiger charge is 2.21. The molecule has 1 atom stereocenters. The van der Waals surface area contributed by atoms with Crippen molar-refractivity contribution in [3.63, 3.8) is 0 Å². The zero-order chi connectivity index (χ0) is 16.5. The van der Waals surface area contributed by atoms with Gasteiger partial charge in [0.2, 0.25) is 0 Å². The predicted octanol–water partition coefficient (Wildman–Crippen LogP) is 2.50. The summed E-state index contributed by atoms with van der Waals surface area (Å²) in [5.74, 6) is 2.76. The minimum atomic E-state index is -0.201. The van der Waals surface area contributed by atoms with E-state index in [1.54, 1.807) is 12.1 Å². The number of hydroxylamine groups is 1. The summed E-state index contributed by atoms with van der Waals surface area (Å²) in [4.78, 5) is 0. The Labute approximate surface area is 139 Å². The fraction of sp³-hybridized carbons (Fsp3) is 0.188. The van der Waals surface area contributed by atoms with Crippen LogP contribution >= 0.6 is 12.2 Å². The maximum absolute atomic E-state index is 8.67. The Balaban J connectivity index is 0.000000595. The smallest absolute Gasteiger partial charge is 0.165 e. The van der Waals surface area contributed by atoms with Crippen LogP contribution in [0.1, 0.15) is 0 Å². The summed E-state index contributed by atoms with van der Waals surface area (Å²) in [6.45, 7) is 0.705. The van der Waals surface area contributed by atoms with Gasteiger partial charge < -0.3 is 25.2 Å². The highest BCUT2D eigenvalue weighted by atomic mass is 32.1. The Hall–Kier alpha value is -2.35. The third-order valence-electron chi connectivity index (χ3n) is 2.93. The quantitative estimate of drug-likeness (QED) is 0.585. The molecule has 23 heavy (non-hydrogen) atoms. The Kier molecular flexibility index (Phi) is 6.61. The molecule has 0 saturated carbocycles. The summed E-state index contributed by atoms with van der Waals surface area (Å²) in [6.07, 6.45) is -0.201. The van der Waals surface area contributed by atoms with Crippen molar-refractivity contribution in [2.45, 2.75) is 6.10 Å². The van der Waals surface area contributed by atoms with Crippen molar-refractivity contribution in [3.05, 3.63) is 48.5 Å². The minimum absolute atomic E-state index is 0.201. The van der Waals surface area contributed by atoms with Crippen molar-refractivity contribution in [2.24, 2.45) is 5.73 Å². The van der Waals surface area contributed by atoms with Crippen molar-refractivity contribution in [1.82, 2.24) is 5.48 Å². The largest absolute Gasteiger partial charge is 0.486 e. The van der Waals surface area contributed by atoms with E-state index in [-0.39, 0.29) is 6.10 Å². The second-order valence-corrected chi connectivity index (χ2v) is 4.85. The minimum Gasteiger partial charge on any atom is -0.486 e. The molecule has 7 heteroatoms. The molecule has 3 rings (SSSR count). The van der Waals surface area contributed by atoms with Gasteiger partial charge in [-0.15, -0.1) is 0 Å². The molecule has 0 spiro atoms. The van der Waals surface area contributed by atoms with Crippen LogP contribution in [0.4, 0.5) is 0 Å². The molecule has 0 saturated heterocycles. The van der Waals surface area contributed by atoms with Crippen LogP contribution in [0.15, 0.2) is 48.5 Å². The van der Waals surface area contributed by atoms with Gasteiger partial charge in [-0.2, -0.15) is 0 Å². The first-order valence-electron chi connectivity index (χ1n) is 6.95. The van der Waals surface area contributed by atoms with Crippen LogP contribution in [0.25, 0.3) is 0 Å². The molecule has 0 aliphatic carbocycles. The molecule has 2 aromatic carbocycles. The molecule has 0 fully saturated rings. The van der Waals surface area contributed by atoms with Crippen LogP contribution in [0.5, 0.6) is 23.0 Å². The van der Waals surface area contributed by atoms with E-state index in [1.807, 2.05) is 36.4 Å². The molecule has 0 amide bonds. The van der Waals surface area contributed by atoms with Gasteiger partial charge in [0, 0.05) is 6.07 Å². The normalized spacial score (nSPS) is 15.1. The maximum Gasteiger partial charge on any atom is 0.165 e. The Morgan fingerprint density at radius 2 is 1.96 bits per heavy atom. The van der Waals surface area contributed by atoms with Crippen molar-refractivity contribution in [1.29, 1.82) is 0 Å². The van der Waals surface area contributed by atoms with Crippen molar-refractivity contribution >= 4 is 17.7 Å². The molecule has 4 N–H and O–H groups in total. The van der Waals surface area contributed by atoms with Crippen LogP contribution in [0.3, 0.4) is 0 Å². The average Bonchev–Trinajstić information content (AvgIpc) is 2.57. The van der Waals surface area contributed by atoms with Gasteiger partial charge in [-0.05, 0) is 24.3 Å². The van der Waals surface area contributed by atoms with Gasteiger partial charge in [0.1, 0.15) is 24.2 Å². The number of fused-ring (bicyclic) bond motifs is 1. The fourth-order valence-corrected chi connectivity index (χ4v) is 1.99. The lowest BCUT2D eigenvalue weighted by Crippen LogP contribution is -2.37. The van der Waals surface area contributed by atoms with Crippen LogP contribution < -0.4 is 25.4 Å². The number of rotatable bonds is 4. The van der Waals surface area contributed by atoms with E-state index in [4.69, 9.17) is 19.4 Å². The number of para-hydroxylation sites is 1. The summed E-state index contributed by atoms with van der Waals surface area (Å²) in [5, 5.41) is 8.67. The van der Waals surface area contributed by atoms with E-state index < -0.39 is 0 Å². The van der Waals surface area contributed by atoms with Crippen LogP contribution in [-0.4, -0.2) is 30.0 Å². The molecule has 122 valence electrons. The SMILES string of the molecule is NC=S.ONCC1COc2cc(Oc3ccccc3)ccc2O1. The predicted molar refractivity (Wildman–Crippen MR) is 90.5 cm³/mol. The van der Waals surface area contributed by atoms with E-state index in [0.29, 0.717) is 30.4 Å². The molecule has 1 heterocycles. The van der Waals surface area contributed by atoms with Gasteiger partial charge in [-0.1, -0.05) is 30.4 Å². The number of thiocarbonyl (C=S) groups is 1. The maximum atomic E-state index is 8.67. The average molecular weight is 334 g/mol. The zero-order valence-electron chi connectivity index (χ0n) is 12.3. The Morgan fingerprint density at radius 3 is 2.65 bits per heavy atom. The summed E-state index contributed by atoms with van der Waals surface area (Å²) in [6, 6.07) is 15.0. The summed E-state index contributed by atoms with van der Waals surface area (Å²) >= 11 is 4.05. The van der Waals surface area contributed by atoms with Gasteiger partial charge in [0.25, 0.3) is 0 Å². The van der Waals surface area contributed by atoms with Gasteiger partial charge in [-0.25, -0.2) is 5.48 Å². The number of hydrogen-bond donors (Lipinski definition) is 3. The Bertz CT molecular complexity index is 625. The third-order valence-corrected chi connectivity index (χ3v) is 2.93. The molecule has 0 aromatic heterocycles. The van der Waals surface area contributed by atoms with Gasteiger partial charge >= 0.3 is 0 Å². The first-order valence-corrected chi connectivity index (χ1v) is 7.42. The van der Waals surface area contributed by atoms with Crippen molar-refractivity contribution in [2.75, 3.05) is 13.2 Å². The number of nitrogens with two attached hydrogens (primary N) is 1. The zero-order valence-corrected chi connectivity index (χ0v) is 13.2. The molecule has 1 unspecified atom stereocenters. The number of nitrogens with one attached hydrogen (secondary N) is 1. The number of hydrogen-bond acceptors (Lipinski definition) is 6. The number of ether oxygens (including phenoxy) is 3. The lowest BCUT2D eigenvalue weighted by Gasteiger charge is -2.26. The van der Waals surface area contributed by atoms with Crippen molar-refractivity contribution < 1.29 is 19.4 Å². The first kappa shape index (κ1) is 17.0. The van der Waals surface area contributed by atoms with Crippen molar-refractivity contribution in [3.8, 4) is 23.0 Å². The van der Waals surface area contributed by atoms with E-state index in [9.17, 15) is 0 Å². The van der Waals surface area contributed by atoms with Crippen LogP contribution in [-0.2, 0) is 0 Å². The van der Waals surface area contributed by atoms with E-state index >= 15 is 0 Å². The molecule has 6 nitrogen and oxygen atoms in total. The van der Waals surface area contributed by atoms with E-state index in [0.717, 1.165) is 11.2 Å². The lowest BCUT2D eigenvalue weighted by molar-refractivity contribution is 0.0525. The Morgan fingerprint density at radius 1 is 1.22 bits per heavy atom. The van der Waals surface area contributed by atoms with Crippen LogP contribution in [0, 0.1) is 0 Å². The van der Waals surface area contributed by atoms with E-state index in [1.165, 1.54) is 0 Å². The second kappa shape index (κ2) is 8.94. The first-order chi connectivity index (χ1) is 11.3. The third kappa shape index (κ3) is 5.10. The lowest BCUT2D eigenvalue weighted by atomic mass is 10.2. The van der Waals surface area contributed by atoms with Gasteiger partial charge in [-0.3, -0.25) is 0 Å². The monoisotopic (exact) mass is 334 g/mol. The molecular formula is C16H18N2O4S. The summed E-state index contributed by atoms with van der Waals surface area (Å²) in [5.41, 5.74) is 7.70. The highest BCUT2D eigenvalue weighted by molar-refractivity contribution is 7.78. The molecule has 1 aliphatic heterocycles. The molecule has 0 radical (unpaired) electrons. The molecule has 1 aliphatic rings. The highest BCUT2D eigenvalue weighted by Crippen LogP contribution is 2.36. The summed E-state index contributed by atoms with van der Waals surface area (Å²) < 4.78 is 17.0. The summed E-state index contributed by atoms with van der Waals surface area (Å²) in [7, 11) is 0.